The van der Waals surface area contributed by atoms with Gasteiger partial charge < -0.3 is 9.72 Å². The summed E-state index contributed by atoms with van der Waals surface area (Å²) in [6, 6.07) is 14.6. The van der Waals surface area contributed by atoms with Crippen molar-refractivity contribution < 1.29 is 27.1 Å². The van der Waals surface area contributed by atoms with Crippen molar-refractivity contribution in [3.63, 3.8) is 0 Å². The van der Waals surface area contributed by atoms with Crippen LogP contribution in [0.1, 0.15) is 32.8 Å². The van der Waals surface area contributed by atoms with Crippen LogP contribution in [0.4, 0.5) is 4.39 Å². The number of sulfonamides is 1. The second kappa shape index (κ2) is 10.00. The Hall–Kier alpha value is -4.35. The largest absolute Gasteiger partial charge is 0.496 e. The molecule has 0 bridgehead atoms. The molecule has 0 unspecified atom stereocenters. The summed E-state index contributed by atoms with van der Waals surface area (Å²) in [5, 5.41) is 0.790. The van der Waals surface area contributed by atoms with Crippen molar-refractivity contribution in [3.05, 3.63) is 89.5 Å². The summed E-state index contributed by atoms with van der Waals surface area (Å²) in [5.74, 6) is -1.14. The van der Waals surface area contributed by atoms with Crippen LogP contribution < -0.4 is 4.74 Å². The third-order valence-electron chi connectivity index (χ3n) is 7.35. The Morgan fingerprint density at radius 3 is 2.42 bits per heavy atom. The number of carbonyl (C=O) groups is 2. The van der Waals surface area contributed by atoms with Gasteiger partial charge in [-0.1, -0.05) is 18.2 Å². The number of hydrogen-bond acceptors (Lipinski definition) is 6. The molecule has 204 valence electrons. The number of aromatic nitrogens is 2. The molecule has 4 aromatic rings. The highest BCUT2D eigenvalue weighted by Crippen LogP contribution is 2.36. The average molecular weight is 561 g/mol. The van der Waals surface area contributed by atoms with Crippen LogP contribution in [0.25, 0.3) is 27.7 Å². The van der Waals surface area contributed by atoms with Gasteiger partial charge in [0, 0.05) is 42.5 Å². The summed E-state index contributed by atoms with van der Waals surface area (Å²) >= 11 is 0. The Kier molecular flexibility index (Phi) is 6.47. The molecule has 0 saturated heterocycles. The Morgan fingerprint density at radius 2 is 1.75 bits per heavy atom. The monoisotopic (exact) mass is 560 g/mol. The number of pyridine rings is 1. The van der Waals surface area contributed by atoms with Crippen LogP contribution >= 0.6 is 0 Å². The van der Waals surface area contributed by atoms with Gasteiger partial charge in [-0.25, -0.2) is 17.8 Å². The number of methoxy groups -OCH3 is 1. The fourth-order valence-corrected chi connectivity index (χ4v) is 6.59. The van der Waals surface area contributed by atoms with E-state index >= 15 is 0 Å². The Bertz CT molecular complexity index is 1780. The molecule has 40 heavy (non-hydrogen) atoms. The number of ether oxygens (including phenoxy) is 1. The molecule has 11 heteroatoms. The number of rotatable bonds is 7. The van der Waals surface area contributed by atoms with Crippen LogP contribution in [-0.2, 0) is 10.0 Å². The molecule has 2 amide bonds. The molecule has 0 radical (unpaired) electrons. The minimum absolute atomic E-state index is 0.160. The van der Waals surface area contributed by atoms with Crippen LogP contribution in [0.2, 0.25) is 0 Å². The lowest BCUT2D eigenvalue weighted by Gasteiger charge is -2.26. The fourth-order valence-electron chi connectivity index (χ4n) is 5.25. The average Bonchev–Trinajstić information content (AvgIpc) is 3.51. The topological polar surface area (TPSA) is 113 Å². The summed E-state index contributed by atoms with van der Waals surface area (Å²) < 4.78 is 47.0. The smallest absolute Gasteiger partial charge is 0.261 e. The van der Waals surface area contributed by atoms with Crippen LogP contribution in [0.3, 0.4) is 0 Å². The first-order valence-corrected chi connectivity index (χ1v) is 14.3. The van der Waals surface area contributed by atoms with Crippen LogP contribution in [0.5, 0.6) is 5.75 Å². The molecule has 1 N–H and O–H groups in total. The molecular formula is C29H25FN4O5S. The number of halogens is 1. The van der Waals surface area contributed by atoms with Crippen LogP contribution in [0, 0.1) is 5.82 Å². The third kappa shape index (κ3) is 4.46. The number of fused-ring (bicyclic) bond motifs is 2. The zero-order chi connectivity index (χ0) is 28.0. The summed E-state index contributed by atoms with van der Waals surface area (Å²) in [7, 11) is -2.19. The zero-order valence-electron chi connectivity index (χ0n) is 21.6. The van der Waals surface area contributed by atoms with E-state index in [1.807, 2.05) is 12.1 Å². The van der Waals surface area contributed by atoms with Crippen molar-refractivity contribution in [2.45, 2.75) is 6.42 Å². The lowest BCUT2D eigenvalue weighted by molar-refractivity contribution is 0.0663. The molecule has 0 aliphatic carbocycles. The van der Waals surface area contributed by atoms with Gasteiger partial charge in [0.1, 0.15) is 17.2 Å². The molecule has 4 heterocycles. The lowest BCUT2D eigenvalue weighted by atomic mass is 10.0. The number of benzene rings is 2. The highest BCUT2D eigenvalue weighted by atomic mass is 32.2. The van der Waals surface area contributed by atoms with Gasteiger partial charge in [0.2, 0.25) is 10.0 Å². The van der Waals surface area contributed by atoms with Gasteiger partial charge in [0.15, 0.2) is 0 Å². The molecule has 0 spiro atoms. The van der Waals surface area contributed by atoms with Crippen LogP contribution in [0.15, 0.2) is 66.9 Å². The first-order chi connectivity index (χ1) is 19.3. The molecular weight excluding hydrogens is 535 g/mol. The van der Waals surface area contributed by atoms with Gasteiger partial charge in [0.25, 0.3) is 11.8 Å². The van der Waals surface area contributed by atoms with Crippen LogP contribution in [-0.4, -0.2) is 71.9 Å². The standard InChI is InChI=1S/C29H25FN4O5S/c1-39-26-7-6-19(30)16-23(26)20-8-11-31-27-24(20)17-25(32-27)18-9-12-33(13-10-18)40(37,38)15-14-34-28(35)21-4-2-3-5-22(21)29(34)36/h2-9,11,16-17H,10,12-15H2,1H3,(H,31,32). The molecule has 0 atom stereocenters. The lowest BCUT2D eigenvalue weighted by Crippen LogP contribution is -2.41. The SMILES string of the molecule is COc1ccc(F)cc1-c1ccnc2[nH]c(C3=CCN(S(=O)(=O)CCN4C(=O)c5ccccc5C4=O)CC3)cc12. The van der Waals surface area contributed by atoms with Gasteiger partial charge in [-0.3, -0.25) is 14.5 Å². The maximum absolute atomic E-state index is 14.1. The van der Waals surface area contributed by atoms with E-state index in [4.69, 9.17) is 4.74 Å². The number of imide groups is 1. The molecule has 0 saturated carbocycles. The first kappa shape index (κ1) is 25.9. The number of nitrogens with zero attached hydrogens (tertiary/aromatic N) is 3. The van der Waals surface area contributed by atoms with Crippen molar-refractivity contribution in [1.29, 1.82) is 0 Å². The Balaban J connectivity index is 1.19. The molecule has 9 nitrogen and oxygen atoms in total. The van der Waals surface area contributed by atoms with Gasteiger partial charge in [-0.15, -0.1) is 0 Å². The Morgan fingerprint density at radius 1 is 1.00 bits per heavy atom. The van der Waals surface area contributed by atoms with Crippen molar-refractivity contribution in [2.75, 3.05) is 32.5 Å². The van der Waals surface area contributed by atoms with E-state index in [0.717, 1.165) is 27.1 Å². The van der Waals surface area contributed by atoms with E-state index in [9.17, 15) is 22.4 Å². The predicted octanol–water partition coefficient (Wildman–Crippen LogP) is 4.09. The van der Waals surface area contributed by atoms with Gasteiger partial charge in [-0.2, -0.15) is 4.31 Å². The number of aromatic amines is 1. The summed E-state index contributed by atoms with van der Waals surface area (Å²) in [5.41, 5.74) is 4.31. The maximum Gasteiger partial charge on any atom is 0.261 e. The zero-order valence-corrected chi connectivity index (χ0v) is 22.4. The molecule has 2 aliphatic heterocycles. The van der Waals surface area contributed by atoms with Gasteiger partial charge in [0.05, 0.1) is 24.0 Å². The summed E-state index contributed by atoms with van der Waals surface area (Å²) in [6.07, 6.45) is 3.94. The van der Waals surface area contributed by atoms with E-state index < -0.39 is 21.8 Å². The van der Waals surface area contributed by atoms with Crippen molar-refractivity contribution in [3.8, 4) is 16.9 Å². The summed E-state index contributed by atoms with van der Waals surface area (Å²) in [6.45, 7) is 0.207. The maximum atomic E-state index is 14.1. The number of amides is 2. The number of carbonyl (C=O) groups excluding carboxylic acids is 2. The number of hydrogen-bond donors (Lipinski definition) is 1. The molecule has 0 fully saturated rings. The minimum atomic E-state index is -3.72. The normalized spacial score (nSPS) is 15.9. The highest BCUT2D eigenvalue weighted by molar-refractivity contribution is 7.89. The number of nitrogens with one attached hydrogen (secondary N) is 1. The van der Waals surface area contributed by atoms with E-state index in [2.05, 4.69) is 9.97 Å². The van der Waals surface area contributed by atoms with Gasteiger partial charge in [-0.05, 0) is 60.0 Å². The quantitative estimate of drug-likeness (QED) is 0.341. The van der Waals surface area contributed by atoms with E-state index in [1.54, 1.807) is 42.6 Å². The van der Waals surface area contributed by atoms with Gasteiger partial charge >= 0.3 is 0 Å². The molecule has 6 rings (SSSR count). The summed E-state index contributed by atoms with van der Waals surface area (Å²) in [4.78, 5) is 33.9. The van der Waals surface area contributed by atoms with Crippen molar-refractivity contribution in [2.24, 2.45) is 0 Å². The van der Waals surface area contributed by atoms with E-state index in [0.29, 0.717) is 34.5 Å². The number of H-pyrrole nitrogens is 1. The van der Waals surface area contributed by atoms with E-state index in [-0.39, 0.29) is 31.2 Å². The minimum Gasteiger partial charge on any atom is -0.496 e. The highest BCUT2D eigenvalue weighted by Gasteiger charge is 2.36. The predicted molar refractivity (Wildman–Crippen MR) is 148 cm³/mol. The molecule has 2 aromatic carbocycles. The fraction of sp³-hybridized carbons (Fsp3) is 0.207. The second-order valence-electron chi connectivity index (χ2n) is 9.61. The third-order valence-corrected chi connectivity index (χ3v) is 9.16. The molecule has 2 aromatic heterocycles. The van der Waals surface area contributed by atoms with E-state index in [1.165, 1.54) is 23.5 Å². The van der Waals surface area contributed by atoms with Crippen molar-refractivity contribution in [1.82, 2.24) is 19.2 Å². The van der Waals surface area contributed by atoms with Crippen molar-refractivity contribution >= 4 is 38.4 Å². The second-order valence-corrected chi connectivity index (χ2v) is 11.7. The molecule has 2 aliphatic rings. The Labute approximate surface area is 229 Å². The first-order valence-electron chi connectivity index (χ1n) is 12.7.